The van der Waals surface area contributed by atoms with Crippen molar-refractivity contribution in [2.24, 2.45) is 0 Å². The van der Waals surface area contributed by atoms with E-state index in [4.69, 9.17) is 11.6 Å². The minimum absolute atomic E-state index is 0.321. The van der Waals surface area contributed by atoms with Gasteiger partial charge in [-0.3, -0.25) is 0 Å². The zero-order valence-electron chi connectivity index (χ0n) is 5.79. The van der Waals surface area contributed by atoms with E-state index in [-0.39, 0.29) is 0 Å². The van der Waals surface area contributed by atoms with Crippen LogP contribution in [0.2, 0.25) is 5.04 Å². The molecule has 0 aromatic carbocycles. The molecule has 0 amide bonds. The molecule has 0 saturated heterocycles. The number of alkyl halides is 1. The van der Waals surface area contributed by atoms with E-state index in [1.807, 2.05) is 0 Å². The van der Waals surface area contributed by atoms with E-state index < -0.39 is 0 Å². The number of hydrogen-bond donors (Lipinski definition) is 0. The van der Waals surface area contributed by atoms with Crippen molar-refractivity contribution in [2.45, 2.75) is 18.9 Å². The molecule has 0 radical (unpaired) electrons. The first-order chi connectivity index (χ1) is 3.48. The summed E-state index contributed by atoms with van der Waals surface area (Å²) in [4.78, 5) is 0. The second-order valence-corrected chi connectivity index (χ2v) is 5.75. The molecule has 0 fully saturated rings. The fourth-order valence-corrected chi connectivity index (χ4v) is 1.00. The van der Waals surface area contributed by atoms with Crippen molar-refractivity contribution in [1.29, 1.82) is 0 Å². The van der Waals surface area contributed by atoms with Crippen LogP contribution in [-0.4, -0.2) is 16.1 Å². The number of halogens is 1. The second-order valence-electron chi connectivity index (χ2n) is 2.99. The van der Waals surface area contributed by atoms with Crippen molar-refractivity contribution in [1.82, 2.24) is 0 Å². The van der Waals surface area contributed by atoms with Gasteiger partial charge in [0.25, 0.3) is 0 Å². The fourth-order valence-electron chi connectivity index (χ4n) is 0.200. The Hall–Kier alpha value is 0.247. The molecule has 0 atom stereocenters. The van der Waals surface area contributed by atoms with E-state index in [9.17, 15) is 0 Å². The molecule has 0 aromatic rings. The summed E-state index contributed by atoms with van der Waals surface area (Å²) in [5.41, 5.74) is 1.16. The van der Waals surface area contributed by atoms with Crippen LogP contribution >= 0.6 is 11.6 Å². The van der Waals surface area contributed by atoms with Gasteiger partial charge in [0, 0.05) is 16.1 Å². The highest BCUT2D eigenvalue weighted by Crippen LogP contribution is 2.28. The van der Waals surface area contributed by atoms with Gasteiger partial charge in [-0.15, -0.1) is 11.6 Å². The molecule has 2 heteroatoms. The van der Waals surface area contributed by atoms with Crippen LogP contribution in [-0.2, 0) is 0 Å². The number of hydrogen-bond acceptors (Lipinski definition) is 0. The normalized spacial score (nSPS) is 11.9. The molecular weight excluding hydrogens is 136 g/mol. The molecule has 0 aromatic heterocycles. The first-order valence-electron chi connectivity index (χ1n) is 2.72. The highest BCUT2D eigenvalue weighted by molar-refractivity contribution is 6.22. The average molecular weight is 149 g/mol. The number of rotatable bonds is 2. The Kier molecular flexibility index (Phi) is 2.78. The van der Waals surface area contributed by atoms with E-state index in [1.54, 1.807) is 0 Å². The molecule has 0 saturated carbocycles. The van der Waals surface area contributed by atoms with Gasteiger partial charge in [0.05, 0.1) is 0 Å². The molecule has 0 aliphatic heterocycles. The van der Waals surface area contributed by atoms with Crippen molar-refractivity contribution >= 4 is 21.8 Å². The summed E-state index contributed by atoms with van der Waals surface area (Å²) in [6.45, 7) is 8.19. The SMILES string of the molecule is C=C(CCl)C(C)(C)[SiH3]. The first-order valence-corrected chi connectivity index (χ1v) is 4.26. The highest BCUT2D eigenvalue weighted by Gasteiger charge is 2.12. The van der Waals surface area contributed by atoms with Crippen molar-refractivity contribution in [3.8, 4) is 0 Å². The Bertz CT molecular complexity index is 91.2. The second kappa shape index (κ2) is 2.69. The average Bonchev–Trinajstić information content (AvgIpc) is 1.62. The molecule has 0 rings (SSSR count). The Balaban J connectivity index is 3.82. The maximum absolute atomic E-state index is 5.56. The van der Waals surface area contributed by atoms with Crippen LogP contribution < -0.4 is 0 Å². The van der Waals surface area contributed by atoms with E-state index in [2.05, 4.69) is 20.4 Å². The molecule has 0 aliphatic rings. The standard InChI is InChI=1S/C6H13ClSi/c1-5(4-7)6(2,3)8/h1,4H2,2-3,8H3. The lowest BCUT2D eigenvalue weighted by atomic mass is 10.1. The van der Waals surface area contributed by atoms with Crippen molar-refractivity contribution in [3.05, 3.63) is 12.2 Å². The smallest absolute Gasteiger partial charge is 0.0432 e. The van der Waals surface area contributed by atoms with Crippen LogP contribution in [0.5, 0.6) is 0 Å². The summed E-state index contributed by atoms with van der Waals surface area (Å²) in [5.74, 6) is 0.608. The van der Waals surface area contributed by atoms with Crippen LogP contribution in [0.15, 0.2) is 12.2 Å². The van der Waals surface area contributed by atoms with E-state index in [1.165, 1.54) is 0 Å². The van der Waals surface area contributed by atoms with Gasteiger partial charge in [-0.05, 0) is 5.04 Å². The third kappa shape index (κ3) is 2.53. The summed E-state index contributed by atoms with van der Waals surface area (Å²) in [5, 5.41) is 0.321. The van der Waals surface area contributed by atoms with Gasteiger partial charge in [-0.25, -0.2) is 0 Å². The maximum atomic E-state index is 5.56. The van der Waals surface area contributed by atoms with Gasteiger partial charge < -0.3 is 0 Å². The van der Waals surface area contributed by atoms with Gasteiger partial charge in [0.1, 0.15) is 0 Å². The third-order valence-corrected chi connectivity index (χ3v) is 2.25. The van der Waals surface area contributed by atoms with Crippen molar-refractivity contribution in [3.63, 3.8) is 0 Å². The predicted octanol–water partition coefficient (Wildman–Crippen LogP) is 1.35. The van der Waals surface area contributed by atoms with Crippen LogP contribution in [0.4, 0.5) is 0 Å². The Morgan fingerprint density at radius 2 is 2.12 bits per heavy atom. The Morgan fingerprint density at radius 1 is 1.75 bits per heavy atom. The summed E-state index contributed by atoms with van der Waals surface area (Å²) in [6, 6.07) is 0. The summed E-state index contributed by atoms with van der Waals surface area (Å²) in [6.07, 6.45) is 0. The van der Waals surface area contributed by atoms with E-state index in [0.29, 0.717) is 10.9 Å². The molecule has 0 N–H and O–H groups in total. The van der Waals surface area contributed by atoms with Gasteiger partial charge in [-0.1, -0.05) is 26.0 Å². The first kappa shape index (κ1) is 8.25. The highest BCUT2D eigenvalue weighted by atomic mass is 35.5. The quantitative estimate of drug-likeness (QED) is 0.315. The van der Waals surface area contributed by atoms with Gasteiger partial charge >= 0.3 is 0 Å². The zero-order valence-corrected chi connectivity index (χ0v) is 8.55. The topological polar surface area (TPSA) is 0 Å². The summed E-state index contributed by atoms with van der Waals surface area (Å²) in [7, 11) is 1.14. The van der Waals surface area contributed by atoms with Gasteiger partial charge in [0.2, 0.25) is 0 Å². The molecule has 8 heavy (non-hydrogen) atoms. The molecule has 0 unspecified atom stereocenters. The molecule has 0 aliphatic carbocycles. The van der Waals surface area contributed by atoms with Crippen molar-refractivity contribution < 1.29 is 0 Å². The predicted molar refractivity (Wildman–Crippen MR) is 43.8 cm³/mol. The minimum atomic E-state index is 0.321. The van der Waals surface area contributed by atoms with E-state index >= 15 is 0 Å². The largest absolute Gasteiger partial charge is 0.122 e. The Labute approximate surface area is 59.3 Å². The van der Waals surface area contributed by atoms with E-state index in [0.717, 1.165) is 15.8 Å². The third-order valence-electron chi connectivity index (χ3n) is 1.22. The molecule has 48 valence electrons. The van der Waals surface area contributed by atoms with Gasteiger partial charge in [-0.2, -0.15) is 0 Å². The molecular formula is C6H13ClSi. The van der Waals surface area contributed by atoms with Gasteiger partial charge in [0.15, 0.2) is 0 Å². The van der Waals surface area contributed by atoms with Crippen LogP contribution in [0.25, 0.3) is 0 Å². The molecule has 0 bridgehead atoms. The number of allylic oxidation sites excluding steroid dienone is 1. The maximum Gasteiger partial charge on any atom is 0.0432 e. The summed E-state index contributed by atoms with van der Waals surface area (Å²) >= 11 is 5.56. The zero-order chi connectivity index (χ0) is 6.78. The lowest BCUT2D eigenvalue weighted by Gasteiger charge is -2.18. The van der Waals surface area contributed by atoms with Crippen molar-refractivity contribution in [2.75, 3.05) is 5.88 Å². The lowest BCUT2D eigenvalue weighted by Crippen LogP contribution is -2.05. The van der Waals surface area contributed by atoms with Crippen LogP contribution in [0.1, 0.15) is 13.8 Å². The monoisotopic (exact) mass is 148 g/mol. The molecule has 0 spiro atoms. The molecule has 0 heterocycles. The minimum Gasteiger partial charge on any atom is -0.122 e. The summed E-state index contributed by atoms with van der Waals surface area (Å²) < 4.78 is 0. The van der Waals surface area contributed by atoms with Crippen LogP contribution in [0.3, 0.4) is 0 Å². The Morgan fingerprint density at radius 3 is 2.12 bits per heavy atom. The molecule has 0 nitrogen and oxygen atoms in total. The fraction of sp³-hybridized carbons (Fsp3) is 0.667. The van der Waals surface area contributed by atoms with Crippen LogP contribution in [0, 0.1) is 0 Å². The lowest BCUT2D eigenvalue weighted by molar-refractivity contribution is 0.804.